The lowest BCUT2D eigenvalue weighted by atomic mass is 10.3. The van der Waals surface area contributed by atoms with Crippen molar-refractivity contribution in [2.24, 2.45) is 5.92 Å². The van der Waals surface area contributed by atoms with E-state index >= 15 is 0 Å². The maximum absolute atomic E-state index is 11.8. The summed E-state index contributed by atoms with van der Waals surface area (Å²) in [5, 5.41) is 8.17. The number of carbonyl (C=O) groups is 1. The van der Waals surface area contributed by atoms with E-state index in [2.05, 4.69) is 27.3 Å². The highest BCUT2D eigenvalue weighted by Crippen LogP contribution is 2.31. The zero-order chi connectivity index (χ0) is 16.5. The van der Waals surface area contributed by atoms with Gasteiger partial charge in [-0.1, -0.05) is 18.7 Å². The van der Waals surface area contributed by atoms with E-state index in [9.17, 15) is 4.79 Å². The predicted molar refractivity (Wildman–Crippen MR) is 92.1 cm³/mol. The Hall–Kier alpha value is -2.41. The van der Waals surface area contributed by atoms with E-state index in [-0.39, 0.29) is 11.8 Å². The minimum atomic E-state index is 0.126. The van der Waals surface area contributed by atoms with Crippen LogP contribution in [-0.2, 0) is 11.2 Å². The summed E-state index contributed by atoms with van der Waals surface area (Å²) in [7, 11) is 0. The zero-order valence-corrected chi connectivity index (χ0v) is 14.1. The third-order valence-corrected chi connectivity index (χ3v) is 4.93. The molecular formula is C17H17N5OS. The van der Waals surface area contributed by atoms with Crippen LogP contribution in [0.5, 0.6) is 0 Å². The van der Waals surface area contributed by atoms with Crippen molar-refractivity contribution in [1.82, 2.24) is 19.6 Å². The van der Waals surface area contributed by atoms with Gasteiger partial charge in [0.15, 0.2) is 0 Å². The second-order valence-electron chi connectivity index (χ2n) is 5.80. The number of hydrogen-bond donors (Lipinski definition) is 1. The first-order valence-corrected chi connectivity index (χ1v) is 8.83. The van der Waals surface area contributed by atoms with Gasteiger partial charge in [0.1, 0.15) is 11.4 Å². The fourth-order valence-electron chi connectivity index (χ4n) is 2.40. The number of carbonyl (C=O) groups excluding carboxylic acids is 1. The normalized spacial score (nSPS) is 14.0. The summed E-state index contributed by atoms with van der Waals surface area (Å²) in [5.41, 5.74) is 1.83. The topological polar surface area (TPSA) is 72.2 Å². The molecule has 0 saturated heterocycles. The van der Waals surface area contributed by atoms with Crippen LogP contribution in [0.15, 0.2) is 46.6 Å². The van der Waals surface area contributed by atoms with Crippen LogP contribution in [0.3, 0.4) is 0 Å². The van der Waals surface area contributed by atoms with Crippen LogP contribution in [0.2, 0.25) is 0 Å². The number of fused-ring (bicyclic) bond motifs is 1. The maximum atomic E-state index is 11.8. The number of nitrogens with zero attached hydrogens (tertiary/aromatic N) is 4. The first-order valence-electron chi connectivity index (χ1n) is 8.01. The third kappa shape index (κ3) is 3.12. The van der Waals surface area contributed by atoms with Gasteiger partial charge in [0, 0.05) is 22.2 Å². The highest BCUT2D eigenvalue weighted by Gasteiger charge is 2.29. The molecule has 0 unspecified atom stereocenters. The average molecular weight is 339 g/mol. The van der Waals surface area contributed by atoms with E-state index in [1.54, 1.807) is 16.3 Å². The van der Waals surface area contributed by atoms with Gasteiger partial charge in [0.2, 0.25) is 5.91 Å². The van der Waals surface area contributed by atoms with Crippen LogP contribution in [-0.4, -0.2) is 25.5 Å². The summed E-state index contributed by atoms with van der Waals surface area (Å²) >= 11 is 1.61. The number of amides is 1. The molecule has 0 atom stereocenters. The molecule has 1 fully saturated rings. The largest absolute Gasteiger partial charge is 0.326 e. The molecule has 0 spiro atoms. The smallest absolute Gasteiger partial charge is 0.253 e. The van der Waals surface area contributed by atoms with E-state index in [4.69, 9.17) is 0 Å². The van der Waals surface area contributed by atoms with Crippen LogP contribution in [0.25, 0.3) is 5.78 Å². The van der Waals surface area contributed by atoms with E-state index < -0.39 is 0 Å². The highest BCUT2D eigenvalue weighted by molar-refractivity contribution is 7.99. The van der Waals surface area contributed by atoms with Crippen LogP contribution in [0, 0.1) is 5.92 Å². The lowest BCUT2D eigenvalue weighted by Crippen LogP contribution is -2.12. The van der Waals surface area contributed by atoms with Gasteiger partial charge in [0.25, 0.3) is 5.78 Å². The molecule has 1 aromatic carbocycles. The summed E-state index contributed by atoms with van der Waals surface area (Å²) in [4.78, 5) is 21.5. The lowest BCUT2D eigenvalue weighted by Gasteiger charge is -2.08. The molecule has 1 amide bonds. The Balaban J connectivity index is 1.54. The number of aryl methyl sites for hydroxylation is 1. The molecule has 6 nitrogen and oxygen atoms in total. The quantitative estimate of drug-likeness (QED) is 0.723. The second kappa shape index (κ2) is 6.24. The van der Waals surface area contributed by atoms with Crippen molar-refractivity contribution in [3.63, 3.8) is 0 Å². The van der Waals surface area contributed by atoms with Crippen LogP contribution < -0.4 is 5.32 Å². The summed E-state index contributed by atoms with van der Waals surface area (Å²) in [6.07, 6.45) is 4.39. The van der Waals surface area contributed by atoms with Crippen molar-refractivity contribution in [1.29, 1.82) is 0 Å². The standard InChI is InChI=1S/C17H17N5OS/c1-2-12-9-15(22-17(21-12)18-10-19-22)24-14-7-5-13(6-8-14)20-16(23)11-3-4-11/h5-11H,2-4H2,1H3,(H,20,23). The lowest BCUT2D eigenvalue weighted by molar-refractivity contribution is -0.117. The van der Waals surface area contributed by atoms with E-state index in [1.807, 2.05) is 30.3 Å². The number of nitrogens with one attached hydrogen (secondary N) is 1. The zero-order valence-electron chi connectivity index (χ0n) is 13.3. The Morgan fingerprint density at radius 3 is 2.83 bits per heavy atom. The Kier molecular flexibility index (Phi) is 3.93. The first-order chi connectivity index (χ1) is 11.7. The van der Waals surface area contributed by atoms with E-state index in [1.165, 1.54) is 6.33 Å². The molecule has 24 heavy (non-hydrogen) atoms. The molecule has 122 valence electrons. The molecule has 0 bridgehead atoms. The van der Waals surface area contributed by atoms with Crippen molar-refractivity contribution in [2.45, 2.75) is 36.1 Å². The Morgan fingerprint density at radius 2 is 2.12 bits per heavy atom. The predicted octanol–water partition coefficient (Wildman–Crippen LogP) is 3.19. The molecular weight excluding hydrogens is 322 g/mol. The molecule has 1 aliphatic carbocycles. The second-order valence-corrected chi connectivity index (χ2v) is 6.89. The fraction of sp³-hybridized carbons (Fsp3) is 0.294. The first kappa shape index (κ1) is 15.1. The third-order valence-electron chi connectivity index (χ3n) is 3.93. The van der Waals surface area contributed by atoms with Crippen molar-refractivity contribution < 1.29 is 4.79 Å². The number of benzene rings is 1. The molecule has 7 heteroatoms. The number of hydrogen-bond acceptors (Lipinski definition) is 5. The van der Waals surface area contributed by atoms with Gasteiger partial charge >= 0.3 is 0 Å². The number of aromatic nitrogens is 4. The molecule has 0 aliphatic heterocycles. The molecule has 1 N–H and O–H groups in total. The minimum absolute atomic E-state index is 0.126. The summed E-state index contributed by atoms with van der Waals surface area (Å²) in [6, 6.07) is 9.91. The van der Waals surface area contributed by atoms with E-state index in [0.29, 0.717) is 5.78 Å². The Bertz CT molecular complexity index is 886. The van der Waals surface area contributed by atoms with Crippen LogP contribution in [0.1, 0.15) is 25.5 Å². The van der Waals surface area contributed by atoms with Crippen LogP contribution in [0.4, 0.5) is 5.69 Å². The average Bonchev–Trinajstić information content (AvgIpc) is 3.34. The summed E-state index contributed by atoms with van der Waals surface area (Å²) in [6.45, 7) is 2.07. The molecule has 4 rings (SSSR count). The van der Waals surface area contributed by atoms with Gasteiger partial charge in [-0.05, 0) is 49.6 Å². The minimum Gasteiger partial charge on any atom is -0.326 e. The van der Waals surface area contributed by atoms with Gasteiger partial charge in [0.05, 0.1) is 0 Å². The van der Waals surface area contributed by atoms with Crippen molar-refractivity contribution >= 4 is 29.1 Å². The molecule has 1 saturated carbocycles. The molecule has 1 aliphatic rings. The molecule has 3 aromatic rings. The van der Waals surface area contributed by atoms with Gasteiger partial charge < -0.3 is 5.32 Å². The Morgan fingerprint density at radius 1 is 1.33 bits per heavy atom. The molecule has 0 radical (unpaired) electrons. The van der Waals surface area contributed by atoms with Crippen molar-refractivity contribution in [3.05, 3.63) is 42.4 Å². The highest BCUT2D eigenvalue weighted by atomic mass is 32.2. The van der Waals surface area contributed by atoms with Gasteiger partial charge in [-0.3, -0.25) is 4.79 Å². The van der Waals surface area contributed by atoms with Gasteiger partial charge in [-0.2, -0.15) is 14.6 Å². The van der Waals surface area contributed by atoms with Crippen molar-refractivity contribution in [3.8, 4) is 0 Å². The molecule has 2 aromatic heterocycles. The molecule has 2 heterocycles. The number of rotatable bonds is 5. The van der Waals surface area contributed by atoms with E-state index in [0.717, 1.165) is 40.6 Å². The SMILES string of the molecule is CCc1cc(Sc2ccc(NC(=O)C3CC3)cc2)n2ncnc2n1. The van der Waals surface area contributed by atoms with Crippen molar-refractivity contribution in [2.75, 3.05) is 5.32 Å². The van der Waals surface area contributed by atoms with Crippen LogP contribution >= 0.6 is 11.8 Å². The number of anilines is 1. The Labute approximate surface area is 143 Å². The summed E-state index contributed by atoms with van der Waals surface area (Å²) < 4.78 is 1.74. The fourth-order valence-corrected chi connectivity index (χ4v) is 3.33. The maximum Gasteiger partial charge on any atom is 0.253 e. The van der Waals surface area contributed by atoms with Gasteiger partial charge in [-0.15, -0.1) is 0 Å². The monoisotopic (exact) mass is 339 g/mol. The summed E-state index contributed by atoms with van der Waals surface area (Å²) in [5.74, 6) is 0.954. The van der Waals surface area contributed by atoms with Gasteiger partial charge in [-0.25, -0.2) is 4.98 Å².